The number of aliphatic hydroxyl groups excluding tert-OH is 1. The molecule has 1 unspecified atom stereocenters. The molecule has 82 valence electrons. The van der Waals surface area contributed by atoms with Gasteiger partial charge in [-0.05, 0) is 6.92 Å². The van der Waals surface area contributed by atoms with E-state index < -0.39 is 0 Å². The summed E-state index contributed by atoms with van der Waals surface area (Å²) in [4.78, 5) is 11.0. The Morgan fingerprint density at radius 3 is 2.79 bits per heavy atom. The van der Waals surface area contributed by atoms with Gasteiger partial charge in [0, 0.05) is 24.6 Å². The number of rotatable bonds is 7. The number of aliphatic hydroxyl groups is 1. The lowest BCUT2D eigenvalue weighted by Crippen LogP contribution is -2.28. The second-order valence-corrected chi connectivity index (χ2v) is 3.40. The van der Waals surface area contributed by atoms with Crippen molar-refractivity contribution in [3.8, 4) is 0 Å². The van der Waals surface area contributed by atoms with Crippen LogP contribution >= 0.6 is 0 Å². The molecule has 14 heavy (non-hydrogen) atoms. The van der Waals surface area contributed by atoms with E-state index in [1.54, 1.807) is 6.92 Å². The maximum Gasteiger partial charge on any atom is 0.246 e. The molecule has 0 saturated carbocycles. The zero-order valence-corrected chi connectivity index (χ0v) is 8.88. The molecule has 4 nitrogen and oxygen atoms in total. The molecular weight excluding hydrogens is 182 g/mol. The monoisotopic (exact) mass is 201 g/mol. The average molecular weight is 201 g/mol. The number of hydrogen-bond acceptors (Lipinski definition) is 3. The first-order valence-electron chi connectivity index (χ1n) is 4.70. The molecule has 0 rings (SSSR count). The van der Waals surface area contributed by atoms with Gasteiger partial charge >= 0.3 is 0 Å². The Morgan fingerprint density at radius 1 is 1.64 bits per heavy atom. The molecule has 2 N–H and O–H groups in total. The number of ether oxygens (including phenoxy) is 1. The summed E-state index contributed by atoms with van der Waals surface area (Å²) in [6, 6.07) is 0. The second kappa shape index (κ2) is 7.53. The first-order valence-corrected chi connectivity index (χ1v) is 4.70. The van der Waals surface area contributed by atoms with E-state index in [2.05, 4.69) is 11.9 Å². The summed E-state index contributed by atoms with van der Waals surface area (Å²) in [5.74, 6) is -0.00403. The largest absolute Gasteiger partial charge is 0.396 e. The fourth-order valence-electron chi connectivity index (χ4n) is 0.725. The molecule has 0 heterocycles. The van der Waals surface area contributed by atoms with E-state index in [4.69, 9.17) is 9.84 Å². The standard InChI is InChI=1S/C10H19NO3/c1-8(2)10(13)11-4-5-14-7-9(3)6-12/h9,12H,1,4-7H2,2-3H3,(H,11,13). The summed E-state index contributed by atoms with van der Waals surface area (Å²) >= 11 is 0. The highest BCUT2D eigenvalue weighted by molar-refractivity contribution is 5.91. The van der Waals surface area contributed by atoms with Crippen LogP contribution in [-0.4, -0.2) is 37.4 Å². The third-order valence-electron chi connectivity index (χ3n) is 1.63. The minimum atomic E-state index is -0.149. The van der Waals surface area contributed by atoms with Gasteiger partial charge < -0.3 is 15.2 Å². The van der Waals surface area contributed by atoms with Crippen LogP contribution in [0.3, 0.4) is 0 Å². The molecule has 0 aromatic carbocycles. The number of amides is 1. The Hall–Kier alpha value is -0.870. The summed E-state index contributed by atoms with van der Waals surface area (Å²) in [6.07, 6.45) is 0. The summed E-state index contributed by atoms with van der Waals surface area (Å²) < 4.78 is 5.21. The first kappa shape index (κ1) is 13.1. The van der Waals surface area contributed by atoms with Gasteiger partial charge in [0.15, 0.2) is 0 Å². The molecule has 0 fully saturated rings. The predicted octanol–water partition coefficient (Wildman–Crippen LogP) is 0.324. The van der Waals surface area contributed by atoms with E-state index in [-0.39, 0.29) is 18.4 Å². The summed E-state index contributed by atoms with van der Waals surface area (Å²) in [7, 11) is 0. The van der Waals surface area contributed by atoms with Gasteiger partial charge in [-0.2, -0.15) is 0 Å². The normalized spacial score (nSPS) is 12.2. The Balaban J connectivity index is 3.30. The van der Waals surface area contributed by atoms with Crippen molar-refractivity contribution in [3.05, 3.63) is 12.2 Å². The third-order valence-corrected chi connectivity index (χ3v) is 1.63. The molecule has 0 aliphatic heterocycles. The van der Waals surface area contributed by atoms with Gasteiger partial charge in [-0.1, -0.05) is 13.5 Å². The average Bonchev–Trinajstić information content (AvgIpc) is 2.16. The zero-order chi connectivity index (χ0) is 11.0. The van der Waals surface area contributed by atoms with Crippen molar-refractivity contribution in [2.45, 2.75) is 13.8 Å². The minimum absolute atomic E-state index is 0.123. The van der Waals surface area contributed by atoms with Crippen molar-refractivity contribution in [2.75, 3.05) is 26.4 Å². The van der Waals surface area contributed by atoms with Gasteiger partial charge in [0.1, 0.15) is 0 Å². The van der Waals surface area contributed by atoms with Crippen LogP contribution in [0.2, 0.25) is 0 Å². The Morgan fingerprint density at radius 2 is 2.29 bits per heavy atom. The molecule has 0 spiro atoms. The van der Waals surface area contributed by atoms with Crippen LogP contribution in [0.5, 0.6) is 0 Å². The number of carbonyl (C=O) groups is 1. The van der Waals surface area contributed by atoms with Gasteiger partial charge in [-0.3, -0.25) is 4.79 Å². The fourth-order valence-corrected chi connectivity index (χ4v) is 0.725. The van der Waals surface area contributed by atoms with Crippen LogP contribution in [0.25, 0.3) is 0 Å². The number of carbonyl (C=O) groups excluding carboxylic acids is 1. The smallest absolute Gasteiger partial charge is 0.246 e. The molecule has 0 aromatic rings. The molecule has 0 bridgehead atoms. The molecule has 0 aliphatic carbocycles. The Labute approximate surface area is 85.0 Å². The van der Waals surface area contributed by atoms with E-state index >= 15 is 0 Å². The Kier molecular flexibility index (Phi) is 7.06. The first-order chi connectivity index (χ1) is 6.57. The quantitative estimate of drug-likeness (QED) is 0.461. The molecule has 0 aliphatic rings. The minimum Gasteiger partial charge on any atom is -0.396 e. The van der Waals surface area contributed by atoms with E-state index in [1.165, 1.54) is 0 Å². The molecule has 0 radical (unpaired) electrons. The maximum atomic E-state index is 11.0. The SMILES string of the molecule is C=C(C)C(=O)NCCOCC(C)CO. The highest BCUT2D eigenvalue weighted by Crippen LogP contribution is 1.92. The lowest BCUT2D eigenvalue weighted by molar-refractivity contribution is -0.117. The van der Waals surface area contributed by atoms with Crippen LogP contribution in [-0.2, 0) is 9.53 Å². The van der Waals surface area contributed by atoms with E-state index in [1.807, 2.05) is 6.92 Å². The van der Waals surface area contributed by atoms with Gasteiger partial charge in [-0.25, -0.2) is 0 Å². The molecule has 4 heteroatoms. The van der Waals surface area contributed by atoms with Crippen molar-refractivity contribution < 1.29 is 14.6 Å². The molecule has 1 atom stereocenters. The summed E-state index contributed by atoms with van der Waals surface area (Å²) in [6.45, 7) is 8.64. The number of nitrogens with one attached hydrogen (secondary N) is 1. The molecule has 0 aromatic heterocycles. The highest BCUT2D eigenvalue weighted by atomic mass is 16.5. The molecule has 0 saturated heterocycles. The molecule has 1 amide bonds. The number of hydrogen-bond donors (Lipinski definition) is 2. The molecular formula is C10H19NO3. The second-order valence-electron chi connectivity index (χ2n) is 3.40. The van der Waals surface area contributed by atoms with Crippen molar-refractivity contribution in [1.82, 2.24) is 5.32 Å². The van der Waals surface area contributed by atoms with Gasteiger partial charge in [-0.15, -0.1) is 0 Å². The van der Waals surface area contributed by atoms with E-state index in [0.717, 1.165) is 0 Å². The van der Waals surface area contributed by atoms with E-state index in [0.29, 0.717) is 25.3 Å². The van der Waals surface area contributed by atoms with E-state index in [9.17, 15) is 4.79 Å². The lowest BCUT2D eigenvalue weighted by atomic mass is 10.2. The van der Waals surface area contributed by atoms with Crippen molar-refractivity contribution in [3.63, 3.8) is 0 Å². The topological polar surface area (TPSA) is 58.6 Å². The maximum absolute atomic E-state index is 11.0. The van der Waals surface area contributed by atoms with Crippen molar-refractivity contribution in [2.24, 2.45) is 5.92 Å². The van der Waals surface area contributed by atoms with Crippen LogP contribution in [0, 0.1) is 5.92 Å². The van der Waals surface area contributed by atoms with Crippen molar-refractivity contribution >= 4 is 5.91 Å². The van der Waals surface area contributed by atoms with Crippen LogP contribution in [0.15, 0.2) is 12.2 Å². The Bertz CT molecular complexity index is 192. The summed E-state index contributed by atoms with van der Waals surface area (Å²) in [5, 5.41) is 11.3. The van der Waals surface area contributed by atoms with Gasteiger partial charge in [0.05, 0.1) is 13.2 Å². The van der Waals surface area contributed by atoms with Gasteiger partial charge in [0.25, 0.3) is 0 Å². The predicted molar refractivity (Wildman–Crippen MR) is 54.9 cm³/mol. The van der Waals surface area contributed by atoms with Crippen LogP contribution in [0.1, 0.15) is 13.8 Å². The third kappa shape index (κ3) is 6.62. The highest BCUT2D eigenvalue weighted by Gasteiger charge is 2.01. The van der Waals surface area contributed by atoms with Gasteiger partial charge in [0.2, 0.25) is 5.91 Å². The zero-order valence-electron chi connectivity index (χ0n) is 8.88. The fraction of sp³-hybridized carbons (Fsp3) is 0.700. The van der Waals surface area contributed by atoms with Crippen LogP contribution < -0.4 is 5.32 Å². The van der Waals surface area contributed by atoms with Crippen molar-refractivity contribution in [1.29, 1.82) is 0 Å². The van der Waals surface area contributed by atoms with Crippen LogP contribution in [0.4, 0.5) is 0 Å². The summed E-state index contributed by atoms with van der Waals surface area (Å²) in [5.41, 5.74) is 0.494. The lowest BCUT2D eigenvalue weighted by Gasteiger charge is -2.09.